The van der Waals surface area contributed by atoms with Crippen LogP contribution in [-0.4, -0.2) is 16.2 Å². The van der Waals surface area contributed by atoms with E-state index >= 15 is 0 Å². The molecule has 0 fully saturated rings. The largest absolute Gasteiger partial charge is 0.439 e. The number of ether oxygens (including phenoxy) is 1. The van der Waals surface area contributed by atoms with Gasteiger partial charge in [0.25, 0.3) is 0 Å². The molecule has 0 aliphatic carbocycles. The number of thioether (sulfide) groups is 1. The molecule has 2 aromatic rings. The third kappa shape index (κ3) is 3.34. The molecule has 7 heteroatoms. The molecule has 2 rings (SSSR count). The van der Waals surface area contributed by atoms with Gasteiger partial charge < -0.3 is 4.74 Å². The molecule has 1 aromatic carbocycles. The fraction of sp³-hybridized carbons (Fsp3) is 0.0909. The Hall–Kier alpha value is -0.850. The smallest absolute Gasteiger partial charge is 0.224 e. The Balaban J connectivity index is 2.27. The van der Waals surface area contributed by atoms with Gasteiger partial charge in [-0.15, -0.1) is 0 Å². The SMILES string of the molecule is CSc1nc(Cl)cc(Oc2ccc(Br)c(F)c2)n1. The van der Waals surface area contributed by atoms with Crippen LogP contribution < -0.4 is 4.74 Å². The second kappa shape index (κ2) is 5.86. The van der Waals surface area contributed by atoms with E-state index in [2.05, 4.69) is 25.9 Å². The topological polar surface area (TPSA) is 35.0 Å². The first kappa shape index (κ1) is 13.6. The first-order valence-corrected chi connectivity index (χ1v) is 7.19. The average Bonchev–Trinajstić information content (AvgIpc) is 2.33. The quantitative estimate of drug-likeness (QED) is 0.463. The van der Waals surface area contributed by atoms with Gasteiger partial charge in [-0.05, 0) is 34.3 Å². The van der Waals surface area contributed by atoms with Crippen LogP contribution in [0.1, 0.15) is 0 Å². The van der Waals surface area contributed by atoms with E-state index in [-0.39, 0.29) is 11.0 Å². The number of benzene rings is 1. The Morgan fingerprint density at radius 2 is 2.11 bits per heavy atom. The molecule has 0 unspecified atom stereocenters. The fourth-order valence-electron chi connectivity index (χ4n) is 1.18. The number of halogens is 3. The first-order valence-electron chi connectivity index (χ1n) is 4.80. The molecule has 0 aliphatic rings. The van der Waals surface area contributed by atoms with Crippen molar-refractivity contribution < 1.29 is 9.13 Å². The molecular weight excluding hydrogens is 343 g/mol. The molecule has 0 aliphatic heterocycles. The van der Waals surface area contributed by atoms with Crippen LogP contribution in [0.5, 0.6) is 11.6 Å². The van der Waals surface area contributed by atoms with Gasteiger partial charge in [0.05, 0.1) is 4.47 Å². The Bertz CT molecular complexity index is 585. The molecule has 0 radical (unpaired) electrons. The fourth-order valence-corrected chi connectivity index (χ4v) is 2.02. The predicted molar refractivity (Wildman–Crippen MR) is 73.0 cm³/mol. The van der Waals surface area contributed by atoms with Crippen LogP contribution in [0, 0.1) is 5.82 Å². The highest BCUT2D eigenvalue weighted by Crippen LogP contribution is 2.26. The lowest BCUT2D eigenvalue weighted by Crippen LogP contribution is -1.93. The monoisotopic (exact) mass is 348 g/mol. The summed E-state index contributed by atoms with van der Waals surface area (Å²) in [6, 6.07) is 5.92. The number of aromatic nitrogens is 2. The summed E-state index contributed by atoms with van der Waals surface area (Å²) in [7, 11) is 0. The van der Waals surface area contributed by atoms with Crippen molar-refractivity contribution in [3.8, 4) is 11.6 Å². The lowest BCUT2D eigenvalue weighted by Gasteiger charge is -2.06. The Morgan fingerprint density at radius 1 is 1.33 bits per heavy atom. The molecule has 1 aromatic heterocycles. The van der Waals surface area contributed by atoms with Gasteiger partial charge in [-0.3, -0.25) is 0 Å². The zero-order valence-electron chi connectivity index (χ0n) is 9.15. The van der Waals surface area contributed by atoms with Gasteiger partial charge in [-0.25, -0.2) is 9.37 Å². The number of nitrogens with zero attached hydrogens (tertiary/aromatic N) is 2. The van der Waals surface area contributed by atoms with Crippen LogP contribution in [0.25, 0.3) is 0 Å². The minimum absolute atomic E-state index is 0.279. The van der Waals surface area contributed by atoms with E-state index in [4.69, 9.17) is 16.3 Å². The summed E-state index contributed by atoms with van der Waals surface area (Å²) in [5.41, 5.74) is 0. The van der Waals surface area contributed by atoms with E-state index in [0.29, 0.717) is 15.4 Å². The maximum atomic E-state index is 13.3. The summed E-state index contributed by atoms with van der Waals surface area (Å²) < 4.78 is 19.1. The standard InChI is InChI=1S/C11H7BrClFN2OS/c1-18-11-15-9(13)5-10(16-11)17-6-2-3-7(12)8(14)4-6/h2-5H,1H3. The van der Waals surface area contributed by atoms with Crippen molar-refractivity contribution in [3.05, 3.63) is 39.7 Å². The van der Waals surface area contributed by atoms with Gasteiger partial charge in [-0.1, -0.05) is 23.4 Å². The zero-order valence-corrected chi connectivity index (χ0v) is 12.3. The van der Waals surface area contributed by atoms with Crippen molar-refractivity contribution in [3.63, 3.8) is 0 Å². The highest BCUT2D eigenvalue weighted by atomic mass is 79.9. The summed E-state index contributed by atoms with van der Waals surface area (Å²) in [5.74, 6) is 0.219. The molecule has 18 heavy (non-hydrogen) atoms. The van der Waals surface area contributed by atoms with E-state index in [1.807, 2.05) is 6.26 Å². The van der Waals surface area contributed by atoms with Gasteiger partial charge >= 0.3 is 0 Å². The van der Waals surface area contributed by atoms with Crippen molar-refractivity contribution in [2.75, 3.05) is 6.26 Å². The molecule has 0 bridgehead atoms. The normalized spacial score (nSPS) is 10.4. The summed E-state index contributed by atoms with van der Waals surface area (Å²) in [6.07, 6.45) is 1.83. The van der Waals surface area contributed by atoms with Gasteiger partial charge in [0, 0.05) is 12.1 Å². The van der Waals surface area contributed by atoms with Crippen molar-refractivity contribution in [1.82, 2.24) is 9.97 Å². The number of rotatable bonds is 3. The highest BCUT2D eigenvalue weighted by Gasteiger charge is 2.07. The van der Waals surface area contributed by atoms with Gasteiger partial charge in [-0.2, -0.15) is 4.98 Å². The molecule has 1 heterocycles. The van der Waals surface area contributed by atoms with Crippen LogP contribution in [-0.2, 0) is 0 Å². The minimum atomic E-state index is -0.405. The molecule has 0 N–H and O–H groups in total. The third-order valence-electron chi connectivity index (χ3n) is 1.95. The molecule has 0 saturated heterocycles. The second-order valence-electron chi connectivity index (χ2n) is 3.19. The molecule has 0 spiro atoms. The Morgan fingerprint density at radius 3 is 2.78 bits per heavy atom. The molecule has 3 nitrogen and oxygen atoms in total. The maximum Gasteiger partial charge on any atom is 0.224 e. The molecule has 0 atom stereocenters. The second-order valence-corrected chi connectivity index (χ2v) is 5.21. The van der Waals surface area contributed by atoms with Gasteiger partial charge in [0.2, 0.25) is 5.88 Å². The average molecular weight is 350 g/mol. The van der Waals surface area contributed by atoms with Crippen LogP contribution in [0.2, 0.25) is 5.15 Å². The van der Waals surface area contributed by atoms with E-state index in [1.165, 1.54) is 23.9 Å². The van der Waals surface area contributed by atoms with Crippen LogP contribution >= 0.6 is 39.3 Å². The van der Waals surface area contributed by atoms with Crippen LogP contribution in [0.3, 0.4) is 0 Å². The zero-order chi connectivity index (χ0) is 13.1. The highest BCUT2D eigenvalue weighted by molar-refractivity contribution is 9.10. The first-order chi connectivity index (χ1) is 8.58. The van der Waals surface area contributed by atoms with Crippen molar-refractivity contribution in [2.45, 2.75) is 5.16 Å². The number of hydrogen-bond acceptors (Lipinski definition) is 4. The van der Waals surface area contributed by atoms with Crippen LogP contribution in [0.15, 0.2) is 33.9 Å². The molecule has 0 saturated carbocycles. The Labute approximate surface area is 121 Å². The van der Waals surface area contributed by atoms with Crippen molar-refractivity contribution in [2.24, 2.45) is 0 Å². The van der Waals surface area contributed by atoms with Crippen LogP contribution in [0.4, 0.5) is 4.39 Å². The van der Waals surface area contributed by atoms with E-state index < -0.39 is 5.82 Å². The number of hydrogen-bond donors (Lipinski definition) is 0. The van der Waals surface area contributed by atoms with E-state index in [9.17, 15) is 4.39 Å². The van der Waals surface area contributed by atoms with E-state index in [0.717, 1.165) is 0 Å². The minimum Gasteiger partial charge on any atom is -0.439 e. The maximum absolute atomic E-state index is 13.3. The summed E-state index contributed by atoms with van der Waals surface area (Å²) in [4.78, 5) is 8.09. The summed E-state index contributed by atoms with van der Waals surface area (Å²) >= 11 is 10.2. The lowest BCUT2D eigenvalue weighted by atomic mass is 10.3. The predicted octanol–water partition coefficient (Wildman–Crippen LogP) is 4.55. The molecular formula is C11H7BrClFN2OS. The third-order valence-corrected chi connectivity index (χ3v) is 3.33. The lowest BCUT2D eigenvalue weighted by molar-refractivity contribution is 0.451. The summed E-state index contributed by atoms with van der Waals surface area (Å²) in [6.45, 7) is 0. The summed E-state index contributed by atoms with van der Waals surface area (Å²) in [5, 5.41) is 0.775. The molecule has 94 valence electrons. The van der Waals surface area contributed by atoms with Gasteiger partial charge in [0.15, 0.2) is 5.16 Å². The van der Waals surface area contributed by atoms with Crippen molar-refractivity contribution >= 4 is 39.3 Å². The molecule has 0 amide bonds. The van der Waals surface area contributed by atoms with Gasteiger partial charge in [0.1, 0.15) is 16.7 Å². The Kier molecular flexibility index (Phi) is 4.42. The van der Waals surface area contributed by atoms with E-state index in [1.54, 1.807) is 12.1 Å². The van der Waals surface area contributed by atoms with Crippen molar-refractivity contribution in [1.29, 1.82) is 0 Å².